The summed E-state index contributed by atoms with van der Waals surface area (Å²) in [6.07, 6.45) is 3.79. The van der Waals surface area contributed by atoms with Crippen molar-refractivity contribution in [3.63, 3.8) is 0 Å². The molecule has 1 saturated heterocycles. The molecule has 0 radical (unpaired) electrons. The van der Waals surface area contributed by atoms with Gasteiger partial charge in [0.1, 0.15) is 11.6 Å². The summed E-state index contributed by atoms with van der Waals surface area (Å²) < 4.78 is 2.19. The van der Waals surface area contributed by atoms with E-state index in [1.165, 1.54) is 0 Å². The first-order chi connectivity index (χ1) is 10.7. The average Bonchev–Trinajstić information content (AvgIpc) is 2.75. The monoisotopic (exact) mass is 306 g/mol. The van der Waals surface area contributed by atoms with Crippen LogP contribution < -0.4 is 10.6 Å². The summed E-state index contributed by atoms with van der Waals surface area (Å²) in [5.74, 6) is 2.36. The van der Waals surface area contributed by atoms with E-state index in [1.807, 2.05) is 0 Å². The number of aromatic nitrogens is 3. The van der Waals surface area contributed by atoms with Gasteiger partial charge in [0.25, 0.3) is 0 Å². The van der Waals surface area contributed by atoms with Gasteiger partial charge in [-0.15, -0.1) is 10.2 Å². The smallest absolute Gasteiger partial charge is 0.224 e. The van der Waals surface area contributed by atoms with Crippen LogP contribution in [0, 0.1) is 5.92 Å². The Hall–Kier alpha value is -1.47. The van der Waals surface area contributed by atoms with Crippen molar-refractivity contribution >= 4 is 5.91 Å². The van der Waals surface area contributed by atoms with Crippen LogP contribution in [0.3, 0.4) is 0 Å². The third-order valence-electron chi connectivity index (χ3n) is 4.58. The maximum atomic E-state index is 12.2. The summed E-state index contributed by atoms with van der Waals surface area (Å²) in [7, 11) is 2.08. The third-order valence-corrected chi connectivity index (χ3v) is 4.58. The lowest BCUT2D eigenvalue weighted by Gasteiger charge is -2.28. The first kappa shape index (κ1) is 15.4. The molecule has 3 heterocycles. The lowest BCUT2D eigenvalue weighted by Crippen LogP contribution is -2.42. The predicted octanol–water partition coefficient (Wildman–Crippen LogP) is -0.576. The Balaban J connectivity index is 1.49. The van der Waals surface area contributed by atoms with Crippen LogP contribution in [0.15, 0.2) is 0 Å². The van der Waals surface area contributed by atoms with E-state index in [2.05, 4.69) is 37.3 Å². The number of amides is 1. The number of rotatable bonds is 4. The molecule has 2 aliphatic heterocycles. The number of piperidine rings is 1. The molecule has 0 aromatic carbocycles. The molecule has 122 valence electrons. The van der Waals surface area contributed by atoms with Crippen LogP contribution in [-0.2, 0) is 24.2 Å². The van der Waals surface area contributed by atoms with E-state index >= 15 is 0 Å². The van der Waals surface area contributed by atoms with Gasteiger partial charge < -0.3 is 20.1 Å². The number of hydrogen-bond donors (Lipinski definition) is 2. The largest absolute Gasteiger partial charge is 0.355 e. The fourth-order valence-corrected chi connectivity index (χ4v) is 3.34. The molecule has 0 unspecified atom stereocenters. The quantitative estimate of drug-likeness (QED) is 0.779. The standard InChI is InChI=1S/C15H26N6O/c1-20-9-2-3-12(11-20)15(22)17-7-5-14-19-18-13-4-6-16-8-10-21(13)14/h12,16H,2-11H2,1H3,(H,17,22)/t12-/m1/s1. The summed E-state index contributed by atoms with van der Waals surface area (Å²) in [6, 6.07) is 0. The van der Waals surface area contributed by atoms with Crippen LogP contribution in [-0.4, -0.2) is 65.3 Å². The van der Waals surface area contributed by atoms with Gasteiger partial charge in [-0.05, 0) is 26.4 Å². The van der Waals surface area contributed by atoms with Gasteiger partial charge in [0.2, 0.25) is 5.91 Å². The van der Waals surface area contributed by atoms with E-state index in [0.717, 1.165) is 70.1 Å². The van der Waals surface area contributed by atoms with Crippen molar-refractivity contribution in [2.24, 2.45) is 5.92 Å². The van der Waals surface area contributed by atoms with Crippen LogP contribution >= 0.6 is 0 Å². The Morgan fingerprint density at radius 3 is 3.14 bits per heavy atom. The normalized spacial score (nSPS) is 22.9. The Morgan fingerprint density at radius 1 is 1.36 bits per heavy atom. The molecule has 7 heteroatoms. The summed E-state index contributed by atoms with van der Waals surface area (Å²) >= 11 is 0. The second-order valence-corrected chi connectivity index (χ2v) is 6.33. The highest BCUT2D eigenvalue weighted by Gasteiger charge is 2.23. The molecule has 0 aliphatic carbocycles. The topological polar surface area (TPSA) is 75.1 Å². The molecule has 0 spiro atoms. The van der Waals surface area contributed by atoms with Crippen molar-refractivity contribution in [2.45, 2.75) is 32.2 Å². The predicted molar refractivity (Wildman–Crippen MR) is 83.5 cm³/mol. The number of nitrogens with one attached hydrogen (secondary N) is 2. The molecule has 0 saturated carbocycles. The van der Waals surface area contributed by atoms with E-state index in [1.54, 1.807) is 0 Å². The molecule has 2 N–H and O–H groups in total. The van der Waals surface area contributed by atoms with Crippen LogP contribution in [0.2, 0.25) is 0 Å². The zero-order valence-corrected chi connectivity index (χ0v) is 13.3. The highest BCUT2D eigenvalue weighted by molar-refractivity contribution is 5.78. The Labute approximate surface area is 131 Å². The SMILES string of the molecule is CN1CCC[C@@H](C(=O)NCCc2nnc3n2CCNCC3)C1. The van der Waals surface area contributed by atoms with Crippen molar-refractivity contribution in [2.75, 3.05) is 39.8 Å². The van der Waals surface area contributed by atoms with Gasteiger partial charge in [-0.3, -0.25) is 4.79 Å². The fraction of sp³-hybridized carbons (Fsp3) is 0.800. The van der Waals surface area contributed by atoms with Gasteiger partial charge >= 0.3 is 0 Å². The van der Waals surface area contributed by atoms with E-state index in [0.29, 0.717) is 6.54 Å². The number of carbonyl (C=O) groups excluding carboxylic acids is 1. The molecule has 1 fully saturated rings. The lowest BCUT2D eigenvalue weighted by atomic mass is 9.97. The molecule has 22 heavy (non-hydrogen) atoms. The first-order valence-electron chi connectivity index (χ1n) is 8.32. The van der Waals surface area contributed by atoms with E-state index in [-0.39, 0.29) is 11.8 Å². The zero-order valence-electron chi connectivity index (χ0n) is 13.3. The highest BCUT2D eigenvalue weighted by Crippen LogP contribution is 2.15. The van der Waals surface area contributed by atoms with Crippen molar-refractivity contribution in [1.29, 1.82) is 0 Å². The molecule has 2 aliphatic rings. The summed E-state index contributed by atoms with van der Waals surface area (Å²) in [5, 5.41) is 15.0. The van der Waals surface area contributed by atoms with Gasteiger partial charge in [0.05, 0.1) is 5.92 Å². The molecule has 1 atom stereocenters. The van der Waals surface area contributed by atoms with Crippen molar-refractivity contribution in [3.05, 3.63) is 11.6 Å². The van der Waals surface area contributed by atoms with Crippen LogP contribution in [0.25, 0.3) is 0 Å². The molecular weight excluding hydrogens is 280 g/mol. The van der Waals surface area contributed by atoms with Gasteiger partial charge in [-0.2, -0.15) is 0 Å². The second-order valence-electron chi connectivity index (χ2n) is 6.33. The molecule has 7 nitrogen and oxygen atoms in total. The minimum Gasteiger partial charge on any atom is -0.355 e. The second kappa shape index (κ2) is 7.19. The van der Waals surface area contributed by atoms with Gasteiger partial charge in [0, 0.05) is 45.6 Å². The van der Waals surface area contributed by atoms with E-state index in [9.17, 15) is 4.79 Å². The molecule has 0 bridgehead atoms. The summed E-state index contributed by atoms with van der Waals surface area (Å²) in [5.41, 5.74) is 0. The average molecular weight is 306 g/mol. The third kappa shape index (κ3) is 3.64. The Bertz CT molecular complexity index is 514. The summed E-state index contributed by atoms with van der Waals surface area (Å²) in [4.78, 5) is 14.5. The van der Waals surface area contributed by atoms with Crippen LogP contribution in [0.1, 0.15) is 24.5 Å². The fourth-order valence-electron chi connectivity index (χ4n) is 3.34. The number of carbonyl (C=O) groups is 1. The minimum absolute atomic E-state index is 0.137. The lowest BCUT2D eigenvalue weighted by molar-refractivity contribution is -0.126. The van der Waals surface area contributed by atoms with Crippen molar-refractivity contribution < 1.29 is 4.79 Å². The van der Waals surface area contributed by atoms with Gasteiger partial charge in [-0.1, -0.05) is 0 Å². The highest BCUT2D eigenvalue weighted by atomic mass is 16.1. The van der Waals surface area contributed by atoms with Crippen molar-refractivity contribution in [1.82, 2.24) is 30.3 Å². The van der Waals surface area contributed by atoms with Gasteiger partial charge in [-0.25, -0.2) is 0 Å². The molecule has 1 amide bonds. The summed E-state index contributed by atoms with van der Waals surface area (Å²) in [6.45, 7) is 5.45. The van der Waals surface area contributed by atoms with Crippen LogP contribution in [0.4, 0.5) is 0 Å². The minimum atomic E-state index is 0.137. The first-order valence-corrected chi connectivity index (χ1v) is 8.32. The van der Waals surface area contributed by atoms with E-state index < -0.39 is 0 Å². The number of likely N-dealkylation sites (tertiary alicyclic amines) is 1. The zero-order chi connectivity index (χ0) is 15.4. The number of fused-ring (bicyclic) bond motifs is 1. The van der Waals surface area contributed by atoms with Crippen molar-refractivity contribution in [3.8, 4) is 0 Å². The molecule has 3 rings (SSSR count). The molecule has 1 aromatic heterocycles. The van der Waals surface area contributed by atoms with E-state index in [4.69, 9.17) is 0 Å². The Kier molecular flexibility index (Phi) is 5.04. The maximum Gasteiger partial charge on any atom is 0.224 e. The maximum absolute atomic E-state index is 12.2. The molecular formula is C15H26N6O. The molecule has 1 aromatic rings. The Morgan fingerprint density at radius 2 is 2.27 bits per heavy atom. The van der Waals surface area contributed by atoms with Gasteiger partial charge in [0.15, 0.2) is 0 Å². The number of hydrogen-bond acceptors (Lipinski definition) is 5. The number of nitrogens with zero attached hydrogens (tertiary/aromatic N) is 4. The van der Waals surface area contributed by atoms with Crippen LogP contribution in [0.5, 0.6) is 0 Å².